The molecule has 1 amide bonds. The highest BCUT2D eigenvalue weighted by Gasteiger charge is 2.19. The average molecular weight is 423 g/mol. The smallest absolute Gasteiger partial charge is 0.340 e. The first-order valence-electron chi connectivity index (χ1n) is 10.3. The van der Waals surface area contributed by atoms with Crippen LogP contribution in [0.15, 0.2) is 54.6 Å². The molecule has 0 spiro atoms. The largest absolute Gasteiger partial charge is 0.452 e. The highest BCUT2D eigenvalue weighted by atomic mass is 19.1. The van der Waals surface area contributed by atoms with Gasteiger partial charge in [0.15, 0.2) is 6.61 Å². The van der Waals surface area contributed by atoms with E-state index in [0.29, 0.717) is 22.9 Å². The van der Waals surface area contributed by atoms with Gasteiger partial charge in [-0.3, -0.25) is 4.79 Å². The van der Waals surface area contributed by atoms with E-state index in [1.807, 2.05) is 35.8 Å². The van der Waals surface area contributed by atoms with Gasteiger partial charge in [-0.1, -0.05) is 26.0 Å². The lowest BCUT2D eigenvalue weighted by Gasteiger charge is -2.11. The van der Waals surface area contributed by atoms with Crippen molar-refractivity contribution in [3.8, 4) is 5.69 Å². The van der Waals surface area contributed by atoms with Crippen molar-refractivity contribution in [2.45, 2.75) is 40.0 Å². The van der Waals surface area contributed by atoms with Crippen molar-refractivity contribution in [2.75, 3.05) is 11.9 Å². The first-order chi connectivity index (χ1) is 14.8. The Hall–Kier alpha value is -3.41. The Labute approximate surface area is 181 Å². The minimum Gasteiger partial charge on any atom is -0.452 e. The predicted octanol–water partition coefficient (Wildman–Crippen LogP) is 5.54. The predicted molar refractivity (Wildman–Crippen MR) is 119 cm³/mol. The van der Waals surface area contributed by atoms with E-state index in [4.69, 9.17) is 4.74 Å². The second kappa shape index (κ2) is 9.60. The van der Waals surface area contributed by atoms with Gasteiger partial charge < -0.3 is 14.6 Å². The number of ether oxygens (including phenoxy) is 1. The van der Waals surface area contributed by atoms with Gasteiger partial charge in [-0.15, -0.1) is 0 Å². The maximum Gasteiger partial charge on any atom is 0.340 e. The highest BCUT2D eigenvalue weighted by Crippen LogP contribution is 2.22. The number of hydrogen-bond acceptors (Lipinski definition) is 3. The number of carbonyl (C=O) groups is 2. The molecule has 6 heteroatoms. The number of amides is 1. The summed E-state index contributed by atoms with van der Waals surface area (Å²) in [5.41, 5.74) is 4.45. The van der Waals surface area contributed by atoms with Gasteiger partial charge in [0, 0.05) is 22.8 Å². The molecule has 0 radical (unpaired) electrons. The number of anilines is 1. The maximum absolute atomic E-state index is 13.2. The molecule has 1 aromatic heterocycles. The van der Waals surface area contributed by atoms with Crippen LogP contribution in [0.1, 0.15) is 53.5 Å². The zero-order valence-corrected chi connectivity index (χ0v) is 18.2. The number of aryl methyl sites for hydroxylation is 1. The molecule has 0 bridgehead atoms. The molecular weight excluding hydrogens is 395 g/mol. The van der Waals surface area contributed by atoms with Crippen LogP contribution in [-0.4, -0.2) is 23.1 Å². The lowest BCUT2D eigenvalue weighted by atomic mass is 9.99. The summed E-state index contributed by atoms with van der Waals surface area (Å²) < 4.78 is 20.3. The Morgan fingerprint density at radius 2 is 1.71 bits per heavy atom. The van der Waals surface area contributed by atoms with Gasteiger partial charge in [-0.2, -0.15) is 0 Å². The van der Waals surface area contributed by atoms with E-state index in [-0.39, 0.29) is 12.4 Å². The fourth-order valence-electron chi connectivity index (χ4n) is 3.49. The number of rotatable bonds is 7. The Balaban J connectivity index is 1.62. The molecule has 5 nitrogen and oxygen atoms in total. The van der Waals surface area contributed by atoms with Crippen LogP contribution in [0.4, 0.5) is 10.1 Å². The van der Waals surface area contributed by atoms with Gasteiger partial charge in [0.25, 0.3) is 5.91 Å². The third kappa shape index (κ3) is 5.20. The third-order valence-electron chi connectivity index (χ3n) is 5.45. The molecule has 0 fully saturated rings. The van der Waals surface area contributed by atoms with Crippen LogP contribution in [0.3, 0.4) is 0 Å². The van der Waals surface area contributed by atoms with Gasteiger partial charge in [0.2, 0.25) is 0 Å². The van der Waals surface area contributed by atoms with Crippen LogP contribution >= 0.6 is 0 Å². The standard InChI is InChI=1S/C25H27FN2O3/c1-5-16(2)19-6-10-21(11-7-19)27-24(29)15-31-25(30)23-14-17(3)28(18(23)4)22-12-8-20(26)9-13-22/h6-14,16H,5,15H2,1-4H3,(H,27,29). The molecule has 2 aromatic carbocycles. The van der Waals surface area contributed by atoms with Crippen LogP contribution in [0, 0.1) is 19.7 Å². The van der Waals surface area contributed by atoms with E-state index in [0.717, 1.165) is 17.8 Å². The van der Waals surface area contributed by atoms with E-state index < -0.39 is 11.9 Å². The van der Waals surface area contributed by atoms with Crippen LogP contribution in [0.2, 0.25) is 0 Å². The highest BCUT2D eigenvalue weighted by molar-refractivity contribution is 5.96. The average Bonchev–Trinajstić information content (AvgIpc) is 3.06. The maximum atomic E-state index is 13.2. The summed E-state index contributed by atoms with van der Waals surface area (Å²) >= 11 is 0. The molecular formula is C25H27FN2O3. The first kappa shape index (κ1) is 22.3. The molecule has 1 heterocycles. The van der Waals surface area contributed by atoms with Crippen molar-refractivity contribution in [2.24, 2.45) is 0 Å². The van der Waals surface area contributed by atoms with E-state index in [2.05, 4.69) is 19.2 Å². The molecule has 0 saturated heterocycles. The molecule has 162 valence electrons. The monoisotopic (exact) mass is 422 g/mol. The van der Waals surface area contributed by atoms with E-state index in [1.165, 1.54) is 17.7 Å². The molecule has 3 rings (SSSR count). The van der Waals surface area contributed by atoms with Gasteiger partial charge in [-0.25, -0.2) is 9.18 Å². The van der Waals surface area contributed by atoms with Crippen molar-refractivity contribution in [3.63, 3.8) is 0 Å². The number of hydrogen-bond donors (Lipinski definition) is 1. The summed E-state index contributed by atoms with van der Waals surface area (Å²) in [4.78, 5) is 24.8. The van der Waals surface area contributed by atoms with Crippen molar-refractivity contribution in [3.05, 3.63) is 82.9 Å². The second-order valence-electron chi connectivity index (χ2n) is 7.65. The zero-order valence-electron chi connectivity index (χ0n) is 18.2. The molecule has 1 atom stereocenters. The summed E-state index contributed by atoms with van der Waals surface area (Å²) in [5, 5.41) is 2.74. The van der Waals surface area contributed by atoms with Crippen molar-refractivity contribution < 1.29 is 18.7 Å². The van der Waals surface area contributed by atoms with Crippen LogP contribution in [0.25, 0.3) is 5.69 Å². The van der Waals surface area contributed by atoms with E-state index in [9.17, 15) is 14.0 Å². The van der Waals surface area contributed by atoms with E-state index >= 15 is 0 Å². The summed E-state index contributed by atoms with van der Waals surface area (Å²) in [5.74, 6) is -0.855. The molecule has 0 saturated carbocycles. The first-order valence-corrected chi connectivity index (χ1v) is 10.3. The summed E-state index contributed by atoms with van der Waals surface area (Å²) in [7, 11) is 0. The molecule has 0 aliphatic carbocycles. The third-order valence-corrected chi connectivity index (χ3v) is 5.45. The number of esters is 1. The minimum absolute atomic E-state index is 0.327. The Morgan fingerprint density at radius 3 is 2.32 bits per heavy atom. The Morgan fingerprint density at radius 1 is 1.06 bits per heavy atom. The number of benzene rings is 2. The van der Waals surface area contributed by atoms with Gasteiger partial charge in [0.05, 0.1) is 5.56 Å². The van der Waals surface area contributed by atoms with Crippen LogP contribution < -0.4 is 5.32 Å². The summed E-state index contributed by atoms with van der Waals surface area (Å²) in [6.07, 6.45) is 1.05. The SMILES string of the molecule is CCC(C)c1ccc(NC(=O)COC(=O)c2cc(C)n(-c3ccc(F)cc3)c2C)cc1. The molecule has 1 N–H and O–H groups in total. The normalized spacial score (nSPS) is 11.8. The number of halogens is 1. The Bertz CT molecular complexity index is 1070. The van der Waals surface area contributed by atoms with Crippen molar-refractivity contribution >= 4 is 17.6 Å². The number of nitrogens with zero attached hydrogens (tertiary/aromatic N) is 1. The lowest BCUT2D eigenvalue weighted by molar-refractivity contribution is -0.119. The summed E-state index contributed by atoms with van der Waals surface area (Å²) in [6, 6.07) is 15.4. The second-order valence-corrected chi connectivity index (χ2v) is 7.65. The molecule has 1 unspecified atom stereocenters. The Kier molecular flexibility index (Phi) is 6.90. The van der Waals surface area contributed by atoms with Crippen LogP contribution in [-0.2, 0) is 9.53 Å². The fourth-order valence-corrected chi connectivity index (χ4v) is 3.49. The number of carbonyl (C=O) groups excluding carboxylic acids is 2. The number of aromatic nitrogens is 1. The molecule has 0 aliphatic heterocycles. The van der Waals surface area contributed by atoms with Crippen molar-refractivity contribution in [1.82, 2.24) is 4.57 Å². The molecule has 31 heavy (non-hydrogen) atoms. The lowest BCUT2D eigenvalue weighted by Crippen LogP contribution is -2.21. The topological polar surface area (TPSA) is 60.3 Å². The van der Waals surface area contributed by atoms with Crippen LogP contribution in [0.5, 0.6) is 0 Å². The van der Waals surface area contributed by atoms with Gasteiger partial charge >= 0.3 is 5.97 Å². The minimum atomic E-state index is -0.580. The fraction of sp³-hybridized carbons (Fsp3) is 0.280. The zero-order chi connectivity index (χ0) is 22.5. The molecule has 3 aromatic rings. The molecule has 0 aliphatic rings. The van der Waals surface area contributed by atoms with Crippen molar-refractivity contribution in [1.29, 1.82) is 0 Å². The van der Waals surface area contributed by atoms with Gasteiger partial charge in [-0.05, 0) is 74.2 Å². The summed E-state index contributed by atoms with van der Waals surface area (Å²) in [6.45, 7) is 7.53. The number of nitrogens with one attached hydrogen (secondary N) is 1. The van der Waals surface area contributed by atoms with Gasteiger partial charge in [0.1, 0.15) is 5.82 Å². The van der Waals surface area contributed by atoms with E-state index in [1.54, 1.807) is 25.1 Å². The quantitative estimate of drug-likeness (QED) is 0.509.